The predicted octanol–water partition coefficient (Wildman–Crippen LogP) is 3.00. The first-order valence-corrected chi connectivity index (χ1v) is 8.63. The fourth-order valence-electron chi connectivity index (χ4n) is 2.67. The van der Waals surface area contributed by atoms with Gasteiger partial charge in [0, 0.05) is 11.4 Å². The van der Waals surface area contributed by atoms with Gasteiger partial charge in [0.15, 0.2) is 12.7 Å². The number of aromatic amines is 1. The molecule has 1 heterocycles. The molecule has 7 heteroatoms. The van der Waals surface area contributed by atoms with Crippen LogP contribution in [0.25, 0.3) is 0 Å². The van der Waals surface area contributed by atoms with Crippen LogP contribution in [0, 0.1) is 13.8 Å². The Morgan fingerprint density at radius 1 is 1.00 bits per heavy atom. The highest BCUT2D eigenvalue weighted by Gasteiger charge is 2.26. The second kappa shape index (κ2) is 9.02. The molecular weight excluding hydrogens is 350 g/mol. The largest absolute Gasteiger partial charge is 0.479 e. The molecule has 0 aliphatic heterocycles. The van der Waals surface area contributed by atoms with Crippen LogP contribution in [-0.4, -0.2) is 42.0 Å². The summed E-state index contributed by atoms with van der Waals surface area (Å²) < 4.78 is 15.5. The number of aryl methyl sites for hydroxylation is 2. The van der Waals surface area contributed by atoms with Gasteiger partial charge < -0.3 is 19.2 Å². The highest BCUT2D eigenvalue weighted by molar-refractivity contribution is 6.09. The van der Waals surface area contributed by atoms with Crippen LogP contribution in [0.2, 0.25) is 0 Å². The van der Waals surface area contributed by atoms with Crippen LogP contribution in [0.4, 0.5) is 0 Å². The molecule has 144 valence electrons. The van der Waals surface area contributed by atoms with Crippen LogP contribution >= 0.6 is 0 Å². The maximum Gasteiger partial charge on any atom is 0.347 e. The zero-order valence-electron chi connectivity index (χ0n) is 15.8. The number of benzene rings is 1. The Kier molecular flexibility index (Phi) is 6.76. The molecule has 0 saturated carbocycles. The van der Waals surface area contributed by atoms with Crippen molar-refractivity contribution in [3.8, 4) is 5.75 Å². The van der Waals surface area contributed by atoms with Crippen LogP contribution in [0.3, 0.4) is 0 Å². The number of esters is 2. The monoisotopic (exact) mass is 373 g/mol. The molecule has 0 fully saturated rings. The van der Waals surface area contributed by atoms with Crippen LogP contribution in [0.1, 0.15) is 46.0 Å². The number of rotatable bonds is 8. The van der Waals surface area contributed by atoms with E-state index < -0.39 is 30.4 Å². The van der Waals surface area contributed by atoms with Gasteiger partial charge in [0.25, 0.3) is 0 Å². The van der Waals surface area contributed by atoms with E-state index in [4.69, 9.17) is 14.2 Å². The van der Waals surface area contributed by atoms with Gasteiger partial charge in [-0.2, -0.15) is 0 Å². The highest BCUT2D eigenvalue weighted by Crippen LogP contribution is 2.20. The summed E-state index contributed by atoms with van der Waals surface area (Å²) in [5.74, 6) is -1.22. The van der Waals surface area contributed by atoms with Crippen LogP contribution in [0.5, 0.6) is 5.75 Å². The van der Waals surface area contributed by atoms with E-state index >= 15 is 0 Å². The van der Waals surface area contributed by atoms with Crippen molar-refractivity contribution in [3.63, 3.8) is 0 Å². The van der Waals surface area contributed by atoms with E-state index in [0.717, 1.165) is 0 Å². The lowest BCUT2D eigenvalue weighted by atomic mass is 10.1. The molecule has 7 nitrogen and oxygen atoms in total. The summed E-state index contributed by atoms with van der Waals surface area (Å²) in [6.07, 6.45) is -0.876. The highest BCUT2D eigenvalue weighted by atomic mass is 16.6. The molecule has 0 spiro atoms. The topological polar surface area (TPSA) is 94.7 Å². The standard InChI is InChI=1S/C20H23NO6/c1-5-25-20(24)18-13(3)21-12(2)17(18)16(22)11-26-19(23)14(4)27-15-9-7-6-8-10-15/h6-10,14,21H,5,11H2,1-4H3/t14-/m0/s1. The van der Waals surface area contributed by atoms with E-state index in [-0.39, 0.29) is 17.7 Å². The van der Waals surface area contributed by atoms with E-state index in [2.05, 4.69) is 4.98 Å². The first kappa shape index (κ1) is 20.2. The second-order valence-corrected chi connectivity index (χ2v) is 5.95. The fourth-order valence-corrected chi connectivity index (χ4v) is 2.67. The number of ether oxygens (including phenoxy) is 3. The molecule has 0 aliphatic rings. The van der Waals surface area contributed by atoms with Gasteiger partial charge in [-0.25, -0.2) is 9.59 Å². The van der Waals surface area contributed by atoms with Crippen molar-refractivity contribution in [1.82, 2.24) is 4.98 Å². The number of ketones is 1. The van der Waals surface area contributed by atoms with Crippen molar-refractivity contribution in [2.24, 2.45) is 0 Å². The summed E-state index contributed by atoms with van der Waals surface area (Å²) in [4.78, 5) is 39.7. The molecule has 0 bridgehead atoms. The summed E-state index contributed by atoms with van der Waals surface area (Å²) >= 11 is 0. The third-order valence-corrected chi connectivity index (χ3v) is 3.87. The average Bonchev–Trinajstić information content (AvgIpc) is 2.94. The lowest BCUT2D eigenvalue weighted by molar-refractivity contribution is -0.149. The average molecular weight is 373 g/mol. The van der Waals surface area contributed by atoms with Gasteiger partial charge in [-0.3, -0.25) is 4.79 Å². The predicted molar refractivity (Wildman–Crippen MR) is 98.0 cm³/mol. The molecule has 2 aromatic rings. The zero-order chi connectivity index (χ0) is 20.0. The second-order valence-electron chi connectivity index (χ2n) is 5.95. The van der Waals surface area contributed by atoms with Gasteiger partial charge in [0.05, 0.1) is 17.7 Å². The van der Waals surface area contributed by atoms with E-state index in [1.54, 1.807) is 45.0 Å². The number of carbonyl (C=O) groups excluding carboxylic acids is 3. The van der Waals surface area contributed by atoms with Crippen LogP contribution in [-0.2, 0) is 14.3 Å². The number of para-hydroxylation sites is 1. The first-order valence-electron chi connectivity index (χ1n) is 8.63. The lowest BCUT2D eigenvalue weighted by Gasteiger charge is -2.13. The van der Waals surface area contributed by atoms with Gasteiger partial charge in [0.2, 0.25) is 5.78 Å². The van der Waals surface area contributed by atoms with Crippen molar-refractivity contribution < 1.29 is 28.6 Å². The van der Waals surface area contributed by atoms with Crippen molar-refractivity contribution in [3.05, 3.63) is 52.8 Å². The van der Waals surface area contributed by atoms with Crippen molar-refractivity contribution >= 4 is 17.7 Å². The maximum atomic E-state index is 12.5. The third-order valence-electron chi connectivity index (χ3n) is 3.87. The minimum absolute atomic E-state index is 0.170. The Hall–Kier alpha value is -3.09. The van der Waals surface area contributed by atoms with E-state index in [0.29, 0.717) is 17.1 Å². The molecule has 27 heavy (non-hydrogen) atoms. The summed E-state index contributed by atoms with van der Waals surface area (Å²) in [7, 11) is 0. The summed E-state index contributed by atoms with van der Waals surface area (Å²) in [6, 6.07) is 8.82. The molecule has 0 amide bonds. The number of carbonyl (C=O) groups is 3. The normalized spacial score (nSPS) is 11.6. The van der Waals surface area contributed by atoms with E-state index in [9.17, 15) is 14.4 Å². The smallest absolute Gasteiger partial charge is 0.347 e. The minimum Gasteiger partial charge on any atom is -0.479 e. The number of hydrogen-bond donors (Lipinski definition) is 1. The summed E-state index contributed by atoms with van der Waals surface area (Å²) in [5.41, 5.74) is 1.39. The first-order chi connectivity index (χ1) is 12.8. The van der Waals surface area contributed by atoms with Gasteiger partial charge in [-0.05, 0) is 39.8 Å². The molecule has 1 atom stereocenters. The minimum atomic E-state index is -0.876. The Morgan fingerprint density at radius 3 is 2.26 bits per heavy atom. The van der Waals surface area contributed by atoms with Crippen molar-refractivity contribution in [2.75, 3.05) is 13.2 Å². The summed E-state index contributed by atoms with van der Waals surface area (Å²) in [5, 5.41) is 0. The fraction of sp³-hybridized carbons (Fsp3) is 0.350. The lowest BCUT2D eigenvalue weighted by Crippen LogP contribution is -2.28. The van der Waals surface area contributed by atoms with E-state index in [1.807, 2.05) is 6.07 Å². The molecule has 0 radical (unpaired) electrons. The Labute approximate surface area is 157 Å². The van der Waals surface area contributed by atoms with Crippen molar-refractivity contribution in [1.29, 1.82) is 0 Å². The number of H-pyrrole nitrogens is 1. The Morgan fingerprint density at radius 2 is 1.63 bits per heavy atom. The number of nitrogens with one attached hydrogen (secondary N) is 1. The molecule has 1 aromatic carbocycles. The Bertz CT molecular complexity index is 824. The molecule has 1 aromatic heterocycles. The van der Waals surface area contributed by atoms with Gasteiger partial charge in [-0.1, -0.05) is 18.2 Å². The molecular formula is C20H23NO6. The maximum absolute atomic E-state index is 12.5. The van der Waals surface area contributed by atoms with Gasteiger partial charge in [0.1, 0.15) is 5.75 Å². The van der Waals surface area contributed by atoms with Crippen LogP contribution < -0.4 is 4.74 Å². The molecule has 1 N–H and O–H groups in total. The van der Waals surface area contributed by atoms with Crippen LogP contribution in [0.15, 0.2) is 30.3 Å². The van der Waals surface area contributed by atoms with Gasteiger partial charge >= 0.3 is 11.9 Å². The molecule has 0 saturated heterocycles. The number of Topliss-reactive ketones (excluding diaryl/α,β-unsaturated/α-hetero) is 1. The molecule has 2 rings (SSSR count). The van der Waals surface area contributed by atoms with E-state index in [1.165, 1.54) is 6.92 Å². The number of hydrogen-bond acceptors (Lipinski definition) is 6. The third kappa shape index (κ3) is 4.97. The van der Waals surface area contributed by atoms with Gasteiger partial charge in [-0.15, -0.1) is 0 Å². The summed E-state index contributed by atoms with van der Waals surface area (Å²) in [6.45, 7) is 6.27. The SMILES string of the molecule is CCOC(=O)c1c(C)[nH]c(C)c1C(=O)COC(=O)[C@H](C)Oc1ccccc1. The van der Waals surface area contributed by atoms with Crippen molar-refractivity contribution in [2.45, 2.75) is 33.8 Å². The number of aromatic nitrogens is 1. The molecule has 0 aliphatic carbocycles. The Balaban J connectivity index is 2.03. The molecule has 0 unspecified atom stereocenters. The zero-order valence-corrected chi connectivity index (χ0v) is 15.8. The quantitative estimate of drug-likeness (QED) is 0.565.